The van der Waals surface area contributed by atoms with Crippen LogP contribution in [-0.4, -0.2) is 43.7 Å². The van der Waals surface area contributed by atoms with Crippen LogP contribution in [0.15, 0.2) is 65.5 Å². The van der Waals surface area contributed by atoms with Crippen LogP contribution in [0.5, 0.6) is 0 Å². The van der Waals surface area contributed by atoms with Gasteiger partial charge in [0.2, 0.25) is 0 Å². The molecule has 9 nitrogen and oxygen atoms in total. The van der Waals surface area contributed by atoms with Gasteiger partial charge in [-0.15, -0.1) is 0 Å². The van der Waals surface area contributed by atoms with Gasteiger partial charge in [0.1, 0.15) is 17.3 Å². The largest absolute Gasteiger partial charge is 0.481 e. The number of aryl methyl sites for hydroxylation is 1. The average Bonchev–Trinajstić information content (AvgIpc) is 3.28. The summed E-state index contributed by atoms with van der Waals surface area (Å²) in [5, 5.41) is 18.8. The number of nitrogens with two attached hydrogens (primary N) is 1. The van der Waals surface area contributed by atoms with Gasteiger partial charge in [-0.05, 0) is 48.4 Å². The number of fused-ring (bicyclic) bond motifs is 1. The lowest BCUT2D eigenvalue weighted by molar-refractivity contribution is -0.136. The zero-order chi connectivity index (χ0) is 25.2. The SMILES string of the molecule is NCc1ccccc1-n1nc(-c2c(-c3ccc(F)cc3)nn3c2N(CCC(=O)O)CCC3)ccc1=O. The first-order valence-electron chi connectivity index (χ1n) is 11.7. The number of aromatic nitrogens is 4. The third-order valence-corrected chi connectivity index (χ3v) is 6.23. The number of hydrogen-bond donors (Lipinski definition) is 2. The number of halogens is 1. The van der Waals surface area contributed by atoms with Crippen molar-refractivity contribution >= 4 is 11.8 Å². The van der Waals surface area contributed by atoms with Crippen molar-refractivity contribution in [1.29, 1.82) is 0 Å². The number of benzene rings is 2. The molecular weight excluding hydrogens is 463 g/mol. The highest BCUT2D eigenvalue weighted by Gasteiger charge is 2.29. The molecule has 2 aromatic carbocycles. The second kappa shape index (κ2) is 9.74. The van der Waals surface area contributed by atoms with Gasteiger partial charge in [0, 0.05) is 37.8 Å². The zero-order valence-electron chi connectivity index (χ0n) is 19.5. The molecule has 0 spiro atoms. The number of hydrogen-bond acceptors (Lipinski definition) is 6. The summed E-state index contributed by atoms with van der Waals surface area (Å²) in [4.78, 5) is 26.2. The van der Waals surface area contributed by atoms with E-state index in [1.54, 1.807) is 24.3 Å². The van der Waals surface area contributed by atoms with Crippen molar-refractivity contribution in [2.75, 3.05) is 18.0 Å². The van der Waals surface area contributed by atoms with Crippen LogP contribution in [0.1, 0.15) is 18.4 Å². The van der Waals surface area contributed by atoms with Crippen LogP contribution in [-0.2, 0) is 17.9 Å². The molecule has 10 heteroatoms. The second-order valence-electron chi connectivity index (χ2n) is 8.56. The minimum atomic E-state index is -0.892. The molecule has 0 bridgehead atoms. The summed E-state index contributed by atoms with van der Waals surface area (Å²) in [7, 11) is 0. The monoisotopic (exact) mass is 488 g/mol. The number of carbonyl (C=O) groups is 1. The molecule has 0 atom stereocenters. The molecule has 36 heavy (non-hydrogen) atoms. The molecule has 4 aromatic rings. The van der Waals surface area contributed by atoms with Gasteiger partial charge in [-0.25, -0.2) is 9.07 Å². The summed E-state index contributed by atoms with van der Waals surface area (Å²) in [6, 6.07) is 16.4. The summed E-state index contributed by atoms with van der Waals surface area (Å²) in [6.45, 7) is 1.83. The first-order chi connectivity index (χ1) is 17.5. The molecule has 0 saturated carbocycles. The van der Waals surface area contributed by atoms with Crippen LogP contribution >= 0.6 is 0 Å². The molecule has 5 rings (SSSR count). The van der Waals surface area contributed by atoms with Crippen LogP contribution in [0, 0.1) is 5.82 Å². The van der Waals surface area contributed by atoms with E-state index in [9.17, 15) is 19.1 Å². The quantitative estimate of drug-likeness (QED) is 0.410. The Morgan fingerprint density at radius 2 is 1.81 bits per heavy atom. The Kier molecular flexibility index (Phi) is 6.34. The molecule has 1 aliphatic rings. The molecule has 0 unspecified atom stereocenters. The van der Waals surface area contributed by atoms with Gasteiger partial charge in [-0.2, -0.15) is 14.9 Å². The number of rotatable bonds is 7. The summed E-state index contributed by atoms with van der Waals surface area (Å²) in [6.07, 6.45) is 0.765. The van der Waals surface area contributed by atoms with Crippen LogP contribution in [0.25, 0.3) is 28.2 Å². The van der Waals surface area contributed by atoms with Crippen LogP contribution in [0.2, 0.25) is 0 Å². The molecule has 0 aliphatic carbocycles. The van der Waals surface area contributed by atoms with Crippen molar-refractivity contribution < 1.29 is 14.3 Å². The van der Waals surface area contributed by atoms with Gasteiger partial charge in [0.05, 0.1) is 23.4 Å². The third kappa shape index (κ3) is 4.38. The molecule has 0 amide bonds. The van der Waals surface area contributed by atoms with Crippen molar-refractivity contribution in [3.63, 3.8) is 0 Å². The number of anilines is 1. The summed E-state index contributed by atoms with van der Waals surface area (Å²) in [5.74, 6) is -0.527. The highest BCUT2D eigenvalue weighted by atomic mass is 19.1. The molecule has 184 valence electrons. The van der Waals surface area contributed by atoms with E-state index in [1.165, 1.54) is 22.9 Å². The first kappa shape index (κ1) is 23.4. The van der Waals surface area contributed by atoms with Gasteiger partial charge in [0.15, 0.2) is 0 Å². The molecule has 0 saturated heterocycles. The molecule has 2 aromatic heterocycles. The van der Waals surface area contributed by atoms with E-state index in [0.717, 1.165) is 17.8 Å². The standard InChI is InChI=1S/C26H25FN6O3/c27-19-8-6-17(7-9-19)25-24(26-31(15-12-23(35)36)13-3-14-32(26)30-25)20-10-11-22(34)33(29-20)21-5-2-1-4-18(21)16-28/h1-2,4-11H,3,12-16,28H2,(H,35,36). The maximum Gasteiger partial charge on any atom is 0.305 e. The maximum atomic E-state index is 13.7. The summed E-state index contributed by atoms with van der Waals surface area (Å²) >= 11 is 0. The van der Waals surface area contributed by atoms with Crippen LogP contribution in [0.4, 0.5) is 10.2 Å². The Balaban J connectivity index is 1.73. The van der Waals surface area contributed by atoms with E-state index in [1.807, 2.05) is 27.8 Å². The van der Waals surface area contributed by atoms with E-state index >= 15 is 0 Å². The van der Waals surface area contributed by atoms with Crippen molar-refractivity contribution in [3.05, 3.63) is 82.4 Å². The first-order valence-corrected chi connectivity index (χ1v) is 11.7. The minimum Gasteiger partial charge on any atom is -0.481 e. The predicted molar refractivity (Wildman–Crippen MR) is 133 cm³/mol. The molecular formula is C26H25FN6O3. The zero-order valence-corrected chi connectivity index (χ0v) is 19.5. The minimum absolute atomic E-state index is 0.0344. The number of nitrogens with zero attached hydrogens (tertiary/aromatic N) is 5. The fourth-order valence-corrected chi connectivity index (χ4v) is 4.55. The third-order valence-electron chi connectivity index (χ3n) is 6.23. The van der Waals surface area contributed by atoms with Gasteiger partial charge >= 0.3 is 5.97 Å². The molecule has 3 N–H and O–H groups in total. The molecule has 1 aliphatic heterocycles. The number of carboxylic acid groups (broad SMARTS) is 1. The number of para-hydroxylation sites is 1. The summed E-state index contributed by atoms with van der Waals surface area (Å²) < 4.78 is 16.9. The van der Waals surface area contributed by atoms with E-state index < -0.39 is 5.97 Å². The Hall–Kier alpha value is -4.31. The Morgan fingerprint density at radius 3 is 2.56 bits per heavy atom. The maximum absolute atomic E-state index is 13.7. The van der Waals surface area contributed by atoms with Gasteiger partial charge in [-0.3, -0.25) is 9.59 Å². The fraction of sp³-hybridized carbons (Fsp3) is 0.231. The Morgan fingerprint density at radius 1 is 1.03 bits per heavy atom. The number of carboxylic acids is 1. The molecule has 0 radical (unpaired) electrons. The highest BCUT2D eigenvalue weighted by Crippen LogP contribution is 2.40. The van der Waals surface area contributed by atoms with Crippen molar-refractivity contribution in [1.82, 2.24) is 19.6 Å². The Labute approximate surface area is 206 Å². The lowest BCUT2D eigenvalue weighted by Crippen LogP contribution is -2.34. The molecule has 0 fully saturated rings. The predicted octanol–water partition coefficient (Wildman–Crippen LogP) is 3.05. The lowest BCUT2D eigenvalue weighted by Gasteiger charge is -2.30. The van der Waals surface area contributed by atoms with Gasteiger partial charge < -0.3 is 15.7 Å². The normalized spacial score (nSPS) is 13.0. The van der Waals surface area contributed by atoms with Crippen molar-refractivity contribution in [2.45, 2.75) is 25.9 Å². The smallest absolute Gasteiger partial charge is 0.305 e. The topological polar surface area (TPSA) is 119 Å². The van der Waals surface area contributed by atoms with Crippen molar-refractivity contribution in [3.8, 4) is 28.2 Å². The fourth-order valence-electron chi connectivity index (χ4n) is 4.55. The van der Waals surface area contributed by atoms with Crippen LogP contribution < -0.4 is 16.2 Å². The van der Waals surface area contributed by atoms with E-state index in [4.69, 9.17) is 15.9 Å². The highest BCUT2D eigenvalue weighted by molar-refractivity contribution is 5.88. The average molecular weight is 489 g/mol. The van der Waals surface area contributed by atoms with Gasteiger partial charge in [0.25, 0.3) is 5.56 Å². The second-order valence-corrected chi connectivity index (χ2v) is 8.56. The number of aliphatic carboxylic acids is 1. The Bertz CT molecular complexity index is 1480. The summed E-state index contributed by atoms with van der Waals surface area (Å²) in [5.41, 5.74) is 9.36. The van der Waals surface area contributed by atoms with E-state index in [0.29, 0.717) is 47.8 Å². The lowest BCUT2D eigenvalue weighted by atomic mass is 10.0. The van der Waals surface area contributed by atoms with E-state index in [-0.39, 0.29) is 24.3 Å². The van der Waals surface area contributed by atoms with E-state index in [2.05, 4.69) is 0 Å². The van der Waals surface area contributed by atoms with Crippen molar-refractivity contribution in [2.24, 2.45) is 5.73 Å². The van der Waals surface area contributed by atoms with Crippen LogP contribution in [0.3, 0.4) is 0 Å². The van der Waals surface area contributed by atoms with Gasteiger partial charge in [-0.1, -0.05) is 18.2 Å². The molecule has 3 heterocycles.